The molecular formula is C20H32O3S. The van der Waals surface area contributed by atoms with Crippen LogP contribution in [0.1, 0.15) is 53.4 Å². The lowest BCUT2D eigenvalue weighted by atomic mass is 10.1. The van der Waals surface area contributed by atoms with Gasteiger partial charge in [0.25, 0.3) is 10.1 Å². The molecule has 0 aromatic carbocycles. The number of hydrogen-bond donors (Lipinski definition) is 0. The molecule has 0 aromatic rings. The molecule has 0 unspecified atom stereocenters. The van der Waals surface area contributed by atoms with Gasteiger partial charge in [-0.1, -0.05) is 59.3 Å². The smallest absolute Gasteiger partial charge is 0.264 e. The fraction of sp³-hybridized carbons (Fsp3) is 0.500. The Labute approximate surface area is 148 Å². The predicted molar refractivity (Wildman–Crippen MR) is 104 cm³/mol. The Bertz CT molecular complexity index is 599. The van der Waals surface area contributed by atoms with Gasteiger partial charge in [0.15, 0.2) is 0 Å². The summed E-state index contributed by atoms with van der Waals surface area (Å²) < 4.78 is 26.1. The molecule has 0 aliphatic heterocycles. The SMILES string of the molecule is CC(C)=CCC/C(C)=C/CC\C(C)=C/C=C/C=C/COS(C)(=O)=O. The van der Waals surface area contributed by atoms with Gasteiger partial charge in [0.1, 0.15) is 0 Å². The molecule has 3 nitrogen and oxygen atoms in total. The topological polar surface area (TPSA) is 43.4 Å². The molecular weight excluding hydrogens is 320 g/mol. The van der Waals surface area contributed by atoms with Crippen molar-refractivity contribution in [3.05, 3.63) is 59.3 Å². The highest BCUT2D eigenvalue weighted by Crippen LogP contribution is 2.11. The van der Waals surface area contributed by atoms with Gasteiger partial charge in [-0.15, -0.1) is 0 Å². The van der Waals surface area contributed by atoms with E-state index in [4.69, 9.17) is 0 Å². The van der Waals surface area contributed by atoms with E-state index < -0.39 is 10.1 Å². The van der Waals surface area contributed by atoms with E-state index in [2.05, 4.69) is 50.1 Å². The van der Waals surface area contributed by atoms with Crippen LogP contribution >= 0.6 is 0 Å². The van der Waals surface area contributed by atoms with Crippen molar-refractivity contribution in [2.24, 2.45) is 0 Å². The Morgan fingerprint density at radius 1 is 0.875 bits per heavy atom. The fourth-order valence-corrected chi connectivity index (χ4v) is 2.23. The number of allylic oxidation sites excluding steroid dienone is 9. The minimum Gasteiger partial charge on any atom is -0.266 e. The summed E-state index contributed by atoms with van der Waals surface area (Å²) in [5.41, 5.74) is 4.15. The Morgan fingerprint density at radius 2 is 1.50 bits per heavy atom. The lowest BCUT2D eigenvalue weighted by molar-refractivity contribution is 0.361. The quantitative estimate of drug-likeness (QED) is 0.280. The Hall–Kier alpha value is -1.39. The fourth-order valence-electron chi connectivity index (χ4n) is 1.90. The van der Waals surface area contributed by atoms with Crippen LogP contribution in [0.25, 0.3) is 0 Å². The van der Waals surface area contributed by atoms with E-state index in [-0.39, 0.29) is 6.61 Å². The summed E-state index contributed by atoms with van der Waals surface area (Å²) in [5, 5.41) is 0. The van der Waals surface area contributed by atoms with Crippen LogP contribution in [0, 0.1) is 0 Å². The normalized spacial score (nSPS) is 13.9. The molecule has 24 heavy (non-hydrogen) atoms. The molecule has 0 saturated carbocycles. The molecule has 0 rings (SSSR count). The van der Waals surface area contributed by atoms with Crippen molar-refractivity contribution < 1.29 is 12.6 Å². The molecule has 0 aliphatic carbocycles. The van der Waals surface area contributed by atoms with E-state index >= 15 is 0 Å². The molecule has 0 saturated heterocycles. The summed E-state index contributed by atoms with van der Waals surface area (Å²) in [5.74, 6) is 0. The van der Waals surface area contributed by atoms with Crippen molar-refractivity contribution in [1.29, 1.82) is 0 Å². The third-order valence-corrected chi connectivity index (χ3v) is 3.80. The third kappa shape index (κ3) is 17.0. The minimum atomic E-state index is -3.35. The lowest BCUT2D eigenvalue weighted by Gasteiger charge is -2.00. The van der Waals surface area contributed by atoms with E-state index in [0.717, 1.165) is 31.9 Å². The molecule has 0 aliphatic rings. The molecule has 0 amide bonds. The highest BCUT2D eigenvalue weighted by atomic mass is 32.2. The van der Waals surface area contributed by atoms with Crippen LogP contribution in [-0.4, -0.2) is 21.3 Å². The molecule has 0 N–H and O–H groups in total. The van der Waals surface area contributed by atoms with Crippen molar-refractivity contribution in [1.82, 2.24) is 0 Å². The molecule has 4 heteroatoms. The van der Waals surface area contributed by atoms with Gasteiger partial charge in [0, 0.05) is 0 Å². The predicted octanol–water partition coefficient (Wildman–Crippen LogP) is 5.49. The maximum atomic E-state index is 10.8. The van der Waals surface area contributed by atoms with Gasteiger partial charge < -0.3 is 0 Å². The van der Waals surface area contributed by atoms with Crippen molar-refractivity contribution in [3.63, 3.8) is 0 Å². The second kappa shape index (κ2) is 13.0. The first kappa shape index (κ1) is 22.6. The van der Waals surface area contributed by atoms with E-state index in [0.29, 0.717) is 0 Å². The molecule has 136 valence electrons. The highest BCUT2D eigenvalue weighted by Gasteiger charge is 1.96. The number of hydrogen-bond acceptors (Lipinski definition) is 3. The summed E-state index contributed by atoms with van der Waals surface area (Å²) in [6, 6.07) is 0. The van der Waals surface area contributed by atoms with Crippen LogP contribution in [0.2, 0.25) is 0 Å². The Morgan fingerprint density at radius 3 is 2.12 bits per heavy atom. The molecule has 0 spiro atoms. The average molecular weight is 353 g/mol. The summed E-state index contributed by atoms with van der Waals surface area (Å²) in [7, 11) is -3.35. The standard InChI is InChI=1S/C20H32O3S/c1-18(2)12-10-14-20(4)16-11-15-19(3)13-8-6-7-9-17-23-24(5,21)22/h6-9,12-13,16H,10-11,14-15,17H2,1-5H3/b8-6+,9-7+,19-13-,20-16+. The van der Waals surface area contributed by atoms with Crippen LogP contribution in [0.5, 0.6) is 0 Å². The lowest BCUT2D eigenvalue weighted by Crippen LogP contribution is -2.01. The van der Waals surface area contributed by atoms with Gasteiger partial charge >= 0.3 is 0 Å². The highest BCUT2D eigenvalue weighted by molar-refractivity contribution is 7.85. The van der Waals surface area contributed by atoms with Crippen molar-refractivity contribution in [3.8, 4) is 0 Å². The van der Waals surface area contributed by atoms with Crippen molar-refractivity contribution in [2.75, 3.05) is 12.9 Å². The first-order chi connectivity index (χ1) is 11.2. The van der Waals surface area contributed by atoms with Crippen molar-refractivity contribution in [2.45, 2.75) is 53.4 Å². The summed E-state index contributed by atoms with van der Waals surface area (Å²) in [6.07, 6.45) is 19.4. The van der Waals surface area contributed by atoms with E-state index in [1.54, 1.807) is 12.2 Å². The average Bonchev–Trinajstić information content (AvgIpc) is 2.44. The summed E-state index contributed by atoms with van der Waals surface area (Å²) in [6.45, 7) is 8.65. The zero-order valence-corrected chi connectivity index (χ0v) is 16.5. The zero-order chi connectivity index (χ0) is 18.4. The molecule has 0 atom stereocenters. The molecule has 0 heterocycles. The second-order valence-corrected chi connectivity index (χ2v) is 7.87. The van der Waals surface area contributed by atoms with Gasteiger partial charge in [0.2, 0.25) is 0 Å². The zero-order valence-electron chi connectivity index (χ0n) is 15.7. The van der Waals surface area contributed by atoms with E-state index in [9.17, 15) is 8.42 Å². The van der Waals surface area contributed by atoms with E-state index in [1.807, 2.05) is 12.2 Å². The molecule has 0 aromatic heterocycles. The summed E-state index contributed by atoms with van der Waals surface area (Å²) in [4.78, 5) is 0. The van der Waals surface area contributed by atoms with Crippen LogP contribution in [-0.2, 0) is 14.3 Å². The first-order valence-corrected chi connectivity index (χ1v) is 10.1. The van der Waals surface area contributed by atoms with Crippen LogP contribution in [0.4, 0.5) is 0 Å². The van der Waals surface area contributed by atoms with Gasteiger partial charge in [0.05, 0.1) is 12.9 Å². The minimum absolute atomic E-state index is 0.0721. The Balaban J connectivity index is 4.03. The third-order valence-electron chi connectivity index (χ3n) is 3.24. The van der Waals surface area contributed by atoms with E-state index in [1.165, 1.54) is 16.7 Å². The molecule has 0 bridgehead atoms. The Kier molecular flexibility index (Phi) is 12.2. The van der Waals surface area contributed by atoms with Gasteiger partial charge in [-0.3, -0.25) is 4.18 Å². The second-order valence-electron chi connectivity index (χ2n) is 6.22. The van der Waals surface area contributed by atoms with Crippen LogP contribution < -0.4 is 0 Å². The van der Waals surface area contributed by atoms with Crippen molar-refractivity contribution >= 4 is 10.1 Å². The van der Waals surface area contributed by atoms with Gasteiger partial charge in [-0.25, -0.2) is 0 Å². The number of rotatable bonds is 11. The van der Waals surface area contributed by atoms with Gasteiger partial charge in [-0.2, -0.15) is 8.42 Å². The van der Waals surface area contributed by atoms with Crippen LogP contribution in [0.3, 0.4) is 0 Å². The van der Waals surface area contributed by atoms with Crippen LogP contribution in [0.15, 0.2) is 59.3 Å². The monoisotopic (exact) mass is 352 g/mol. The molecule has 0 fully saturated rings. The summed E-state index contributed by atoms with van der Waals surface area (Å²) >= 11 is 0. The maximum Gasteiger partial charge on any atom is 0.264 e. The first-order valence-electron chi connectivity index (χ1n) is 8.33. The largest absolute Gasteiger partial charge is 0.266 e. The maximum absolute atomic E-state index is 10.8. The van der Waals surface area contributed by atoms with Gasteiger partial charge in [-0.05, 0) is 53.4 Å². The molecule has 0 radical (unpaired) electrons.